The number of carboxylic acids is 1. The molecule has 0 spiro atoms. The fourth-order valence-corrected chi connectivity index (χ4v) is 3.65. The van der Waals surface area contributed by atoms with Crippen molar-refractivity contribution in [2.24, 2.45) is 0 Å². The minimum absolute atomic E-state index is 0.112. The molecule has 0 aliphatic heterocycles. The Balaban J connectivity index is 3.39. The van der Waals surface area contributed by atoms with Crippen molar-refractivity contribution in [2.75, 3.05) is 12.4 Å². The van der Waals surface area contributed by atoms with Crippen molar-refractivity contribution < 1.29 is 28.5 Å². The van der Waals surface area contributed by atoms with E-state index in [2.05, 4.69) is 0 Å². The Hall–Kier alpha value is -0.860. The van der Waals surface area contributed by atoms with Crippen LogP contribution in [0.2, 0.25) is 10.0 Å². The van der Waals surface area contributed by atoms with Gasteiger partial charge in [0.05, 0.1) is 33.9 Å². The molecule has 0 saturated heterocycles. The zero-order valence-corrected chi connectivity index (χ0v) is 11.7. The van der Waals surface area contributed by atoms with Crippen LogP contribution >= 0.6 is 23.2 Å². The van der Waals surface area contributed by atoms with Crippen LogP contribution in [0.3, 0.4) is 0 Å². The van der Waals surface area contributed by atoms with Gasteiger partial charge in [-0.1, -0.05) is 23.2 Å². The Morgan fingerprint density at radius 3 is 2.37 bits per heavy atom. The molecule has 0 radical (unpaired) electrons. The van der Waals surface area contributed by atoms with E-state index in [1.165, 1.54) is 0 Å². The van der Waals surface area contributed by atoms with E-state index in [9.17, 15) is 18.3 Å². The summed E-state index contributed by atoms with van der Waals surface area (Å²) in [5.74, 6) is -2.21. The molecule has 0 heterocycles. The first kappa shape index (κ1) is 16.2. The average Bonchev–Trinajstić information content (AvgIpc) is 2.30. The van der Waals surface area contributed by atoms with Crippen LogP contribution < -0.4 is 0 Å². The van der Waals surface area contributed by atoms with Gasteiger partial charge in [-0.05, 0) is 12.1 Å². The third-order valence-corrected chi connectivity index (χ3v) is 4.75. The largest absolute Gasteiger partial charge is 0.478 e. The van der Waals surface area contributed by atoms with Crippen molar-refractivity contribution in [3.63, 3.8) is 0 Å². The minimum atomic E-state index is -4.07. The summed E-state index contributed by atoms with van der Waals surface area (Å²) in [5.41, 5.74) is -0.453. The number of hydrogen-bond donors (Lipinski definition) is 3. The molecule has 6 nitrogen and oxygen atoms in total. The molecule has 3 N–H and O–H groups in total. The number of benzene rings is 1. The number of rotatable bonds is 5. The van der Waals surface area contributed by atoms with Gasteiger partial charge in [-0.25, -0.2) is 13.2 Å². The van der Waals surface area contributed by atoms with E-state index >= 15 is 0 Å². The first-order valence-corrected chi connectivity index (χ1v) is 7.34. The van der Waals surface area contributed by atoms with Crippen LogP contribution in [0.5, 0.6) is 0 Å². The van der Waals surface area contributed by atoms with Gasteiger partial charge in [0, 0.05) is 5.02 Å². The SMILES string of the molecule is O=C(O)c1cc(Cl)cc(S(=O)(=O)CC(O)CO)c1Cl. The second-order valence-electron chi connectivity index (χ2n) is 3.69. The van der Waals surface area contributed by atoms with E-state index in [-0.39, 0.29) is 5.02 Å². The maximum Gasteiger partial charge on any atom is 0.337 e. The van der Waals surface area contributed by atoms with Crippen LogP contribution in [0.15, 0.2) is 17.0 Å². The summed E-state index contributed by atoms with van der Waals surface area (Å²) in [6, 6.07) is 2.02. The van der Waals surface area contributed by atoms with Crippen molar-refractivity contribution in [2.45, 2.75) is 11.0 Å². The summed E-state index contributed by atoms with van der Waals surface area (Å²) in [4.78, 5) is 10.4. The van der Waals surface area contributed by atoms with E-state index in [4.69, 9.17) is 33.4 Å². The summed E-state index contributed by atoms with van der Waals surface area (Å²) in [5, 5.41) is 26.1. The van der Waals surface area contributed by atoms with Gasteiger partial charge < -0.3 is 15.3 Å². The molecular weight excluding hydrogens is 319 g/mol. The van der Waals surface area contributed by atoms with Crippen LogP contribution in [0.4, 0.5) is 0 Å². The Kier molecular flexibility index (Phi) is 5.17. The highest BCUT2D eigenvalue weighted by Crippen LogP contribution is 2.30. The molecule has 19 heavy (non-hydrogen) atoms. The minimum Gasteiger partial charge on any atom is -0.478 e. The van der Waals surface area contributed by atoms with Gasteiger partial charge in [0.15, 0.2) is 9.84 Å². The lowest BCUT2D eigenvalue weighted by molar-refractivity contribution is 0.0697. The molecular formula is C10H10Cl2O6S. The van der Waals surface area contributed by atoms with Crippen molar-refractivity contribution in [3.05, 3.63) is 27.7 Å². The first-order chi connectivity index (χ1) is 8.69. The second kappa shape index (κ2) is 6.06. The van der Waals surface area contributed by atoms with Gasteiger partial charge >= 0.3 is 5.97 Å². The fraction of sp³-hybridized carbons (Fsp3) is 0.300. The number of carboxylic acid groups (broad SMARTS) is 1. The molecule has 106 valence electrons. The highest BCUT2D eigenvalue weighted by molar-refractivity contribution is 7.91. The quantitative estimate of drug-likeness (QED) is 0.737. The van der Waals surface area contributed by atoms with Crippen LogP contribution in [-0.4, -0.2) is 48.2 Å². The van der Waals surface area contributed by atoms with E-state index in [0.717, 1.165) is 12.1 Å². The second-order valence-corrected chi connectivity index (χ2v) is 6.51. The van der Waals surface area contributed by atoms with E-state index < -0.39 is 49.8 Å². The van der Waals surface area contributed by atoms with E-state index in [1.807, 2.05) is 0 Å². The maximum absolute atomic E-state index is 11.9. The van der Waals surface area contributed by atoms with Gasteiger partial charge in [-0.2, -0.15) is 0 Å². The highest BCUT2D eigenvalue weighted by atomic mass is 35.5. The van der Waals surface area contributed by atoms with Crippen LogP contribution in [0, 0.1) is 0 Å². The molecule has 0 amide bonds. The molecule has 0 fully saturated rings. The molecule has 1 atom stereocenters. The zero-order chi connectivity index (χ0) is 14.8. The lowest BCUT2D eigenvalue weighted by Gasteiger charge is -2.11. The molecule has 0 aliphatic carbocycles. The number of carbonyl (C=O) groups is 1. The van der Waals surface area contributed by atoms with Gasteiger partial charge in [0.25, 0.3) is 0 Å². The number of hydrogen-bond acceptors (Lipinski definition) is 5. The zero-order valence-electron chi connectivity index (χ0n) is 9.38. The van der Waals surface area contributed by atoms with Crippen LogP contribution in [-0.2, 0) is 9.84 Å². The summed E-state index contributed by atoms with van der Waals surface area (Å²) in [6.07, 6.45) is -1.49. The lowest BCUT2D eigenvalue weighted by atomic mass is 10.2. The summed E-state index contributed by atoms with van der Waals surface area (Å²) in [6.45, 7) is -0.747. The fourth-order valence-electron chi connectivity index (χ4n) is 1.34. The molecule has 0 bridgehead atoms. The molecule has 0 aliphatic rings. The van der Waals surface area contributed by atoms with E-state index in [0.29, 0.717) is 0 Å². The average molecular weight is 329 g/mol. The first-order valence-electron chi connectivity index (χ1n) is 4.93. The van der Waals surface area contributed by atoms with Gasteiger partial charge in [0.2, 0.25) is 0 Å². The topological polar surface area (TPSA) is 112 Å². The third kappa shape index (κ3) is 3.80. The lowest BCUT2D eigenvalue weighted by Crippen LogP contribution is -2.24. The van der Waals surface area contributed by atoms with Gasteiger partial charge in [0.1, 0.15) is 0 Å². The van der Waals surface area contributed by atoms with Crippen molar-refractivity contribution in [1.29, 1.82) is 0 Å². The normalized spacial score (nSPS) is 13.3. The van der Waals surface area contributed by atoms with Gasteiger partial charge in [-0.15, -0.1) is 0 Å². The Labute approximate surface area is 119 Å². The standard InChI is InChI=1S/C10H10Cl2O6S/c11-5-1-7(10(15)16)9(12)8(2-5)19(17,18)4-6(14)3-13/h1-2,6,13-14H,3-4H2,(H,15,16). The predicted octanol–water partition coefficient (Wildman–Crippen LogP) is 0.819. The van der Waals surface area contributed by atoms with Crippen LogP contribution in [0.25, 0.3) is 0 Å². The number of halogens is 2. The summed E-state index contributed by atoms with van der Waals surface area (Å²) >= 11 is 11.4. The van der Waals surface area contributed by atoms with Crippen LogP contribution in [0.1, 0.15) is 10.4 Å². The van der Waals surface area contributed by atoms with Gasteiger partial charge in [-0.3, -0.25) is 0 Å². The molecule has 0 saturated carbocycles. The third-order valence-electron chi connectivity index (χ3n) is 2.19. The molecule has 1 aromatic rings. The molecule has 1 unspecified atom stereocenters. The van der Waals surface area contributed by atoms with Crippen molar-refractivity contribution in [1.82, 2.24) is 0 Å². The number of aliphatic hydroxyl groups is 2. The van der Waals surface area contributed by atoms with Crippen molar-refractivity contribution >= 4 is 39.0 Å². The number of sulfone groups is 1. The smallest absolute Gasteiger partial charge is 0.337 e. The predicted molar refractivity (Wildman–Crippen MR) is 68.6 cm³/mol. The van der Waals surface area contributed by atoms with E-state index in [1.54, 1.807) is 0 Å². The Morgan fingerprint density at radius 1 is 1.32 bits per heavy atom. The summed E-state index contributed by atoms with van der Waals surface area (Å²) < 4.78 is 23.9. The van der Waals surface area contributed by atoms with Crippen molar-refractivity contribution in [3.8, 4) is 0 Å². The molecule has 0 aromatic heterocycles. The molecule has 1 aromatic carbocycles. The Bertz CT molecular complexity index is 598. The monoisotopic (exact) mass is 328 g/mol. The maximum atomic E-state index is 11.9. The molecule has 9 heteroatoms. The number of aliphatic hydroxyl groups excluding tert-OH is 2. The highest BCUT2D eigenvalue weighted by Gasteiger charge is 2.26. The summed E-state index contributed by atoms with van der Waals surface area (Å²) in [7, 11) is -4.07. The molecule has 1 rings (SSSR count). The Morgan fingerprint density at radius 2 is 1.89 bits per heavy atom. The number of aromatic carboxylic acids is 1.